The van der Waals surface area contributed by atoms with Gasteiger partial charge in [0.2, 0.25) is 0 Å². The lowest BCUT2D eigenvalue weighted by Gasteiger charge is -2.15. The molecule has 0 bridgehead atoms. The Balaban J connectivity index is 2.85. The minimum atomic E-state index is 0.593. The van der Waals surface area contributed by atoms with Gasteiger partial charge in [-0.05, 0) is 63.1 Å². The van der Waals surface area contributed by atoms with Gasteiger partial charge >= 0.3 is 0 Å². The van der Waals surface area contributed by atoms with Gasteiger partial charge in [0.25, 0.3) is 0 Å². The standard InChI is InChI=1S/C19H28/c1-7-14(3)11-18(8-2)12-17(6)19-10-9-15(4)16(5)13-19/h7,9-11,13,17H,8,12H2,1-6H3/b14-7-,18-11+/t17-/m0/s1. The van der Waals surface area contributed by atoms with Crippen LogP contribution < -0.4 is 0 Å². The maximum absolute atomic E-state index is 2.34. The molecule has 0 nitrogen and oxygen atoms in total. The highest BCUT2D eigenvalue weighted by Crippen LogP contribution is 2.26. The van der Waals surface area contributed by atoms with E-state index in [4.69, 9.17) is 0 Å². The molecule has 1 aromatic rings. The number of benzene rings is 1. The Kier molecular flexibility index (Phi) is 6.08. The van der Waals surface area contributed by atoms with Gasteiger partial charge in [0, 0.05) is 0 Å². The molecule has 0 heteroatoms. The predicted octanol–water partition coefficient (Wildman–Crippen LogP) is 6.10. The van der Waals surface area contributed by atoms with E-state index in [0.29, 0.717) is 5.92 Å². The Labute approximate surface area is 119 Å². The van der Waals surface area contributed by atoms with E-state index in [2.05, 4.69) is 71.9 Å². The quantitative estimate of drug-likeness (QED) is 0.558. The normalized spacial score (nSPS) is 14.6. The Morgan fingerprint density at radius 1 is 1.21 bits per heavy atom. The molecule has 0 aliphatic heterocycles. The van der Waals surface area contributed by atoms with Gasteiger partial charge in [0.15, 0.2) is 0 Å². The molecule has 0 spiro atoms. The molecule has 0 aliphatic carbocycles. The van der Waals surface area contributed by atoms with Gasteiger partial charge in [-0.3, -0.25) is 0 Å². The van der Waals surface area contributed by atoms with Crippen molar-refractivity contribution in [3.05, 3.63) is 58.2 Å². The van der Waals surface area contributed by atoms with E-state index in [9.17, 15) is 0 Å². The van der Waals surface area contributed by atoms with Gasteiger partial charge < -0.3 is 0 Å². The fraction of sp³-hybridized carbons (Fsp3) is 0.474. The van der Waals surface area contributed by atoms with E-state index in [1.54, 1.807) is 5.57 Å². The van der Waals surface area contributed by atoms with Crippen LogP contribution in [0.2, 0.25) is 0 Å². The molecule has 1 rings (SSSR count). The zero-order chi connectivity index (χ0) is 14.4. The van der Waals surface area contributed by atoms with E-state index in [1.165, 1.54) is 22.3 Å². The highest BCUT2D eigenvalue weighted by atomic mass is 14.1. The second-order valence-corrected chi connectivity index (χ2v) is 5.64. The summed E-state index contributed by atoms with van der Waals surface area (Å²) in [6.45, 7) is 13.2. The van der Waals surface area contributed by atoms with E-state index in [0.717, 1.165) is 12.8 Å². The average molecular weight is 256 g/mol. The maximum Gasteiger partial charge on any atom is -0.0153 e. The molecule has 0 aliphatic rings. The zero-order valence-electron chi connectivity index (χ0n) is 13.4. The van der Waals surface area contributed by atoms with E-state index >= 15 is 0 Å². The molecule has 0 aromatic heterocycles. The van der Waals surface area contributed by atoms with Crippen molar-refractivity contribution in [3.8, 4) is 0 Å². The van der Waals surface area contributed by atoms with Crippen LogP contribution in [-0.4, -0.2) is 0 Å². The summed E-state index contributed by atoms with van der Waals surface area (Å²) in [5.74, 6) is 0.593. The molecular formula is C19H28. The minimum Gasteiger partial charge on any atom is -0.0847 e. The second kappa shape index (κ2) is 7.33. The van der Waals surface area contributed by atoms with Gasteiger partial charge in [0.05, 0.1) is 0 Å². The fourth-order valence-corrected chi connectivity index (χ4v) is 2.29. The topological polar surface area (TPSA) is 0 Å². The fourth-order valence-electron chi connectivity index (χ4n) is 2.29. The summed E-state index contributed by atoms with van der Waals surface area (Å²) in [4.78, 5) is 0. The molecule has 0 fully saturated rings. The maximum atomic E-state index is 2.34. The first-order valence-corrected chi connectivity index (χ1v) is 7.37. The van der Waals surface area contributed by atoms with Crippen LogP contribution in [0, 0.1) is 13.8 Å². The zero-order valence-corrected chi connectivity index (χ0v) is 13.4. The van der Waals surface area contributed by atoms with Crippen LogP contribution in [0.5, 0.6) is 0 Å². The van der Waals surface area contributed by atoms with Crippen LogP contribution in [0.15, 0.2) is 41.5 Å². The number of hydrogen-bond acceptors (Lipinski definition) is 0. The Bertz CT molecular complexity index is 475. The summed E-state index contributed by atoms with van der Waals surface area (Å²) in [5, 5.41) is 0. The number of allylic oxidation sites excluding steroid dienone is 4. The monoisotopic (exact) mass is 256 g/mol. The van der Waals surface area contributed by atoms with E-state index < -0.39 is 0 Å². The summed E-state index contributed by atoms with van der Waals surface area (Å²) in [6.07, 6.45) is 6.82. The van der Waals surface area contributed by atoms with Crippen molar-refractivity contribution in [2.75, 3.05) is 0 Å². The summed E-state index contributed by atoms with van der Waals surface area (Å²) < 4.78 is 0. The molecule has 104 valence electrons. The van der Waals surface area contributed by atoms with Gasteiger partial charge in [0.1, 0.15) is 0 Å². The van der Waals surface area contributed by atoms with Crippen LogP contribution >= 0.6 is 0 Å². The van der Waals surface area contributed by atoms with Crippen molar-refractivity contribution < 1.29 is 0 Å². The first-order chi connectivity index (χ1) is 8.97. The van der Waals surface area contributed by atoms with Crippen LogP contribution in [0.3, 0.4) is 0 Å². The van der Waals surface area contributed by atoms with Crippen LogP contribution in [-0.2, 0) is 0 Å². The van der Waals surface area contributed by atoms with Crippen molar-refractivity contribution >= 4 is 0 Å². The van der Waals surface area contributed by atoms with Crippen molar-refractivity contribution in [3.63, 3.8) is 0 Å². The predicted molar refractivity (Wildman–Crippen MR) is 86.8 cm³/mol. The molecule has 0 radical (unpaired) electrons. The summed E-state index contributed by atoms with van der Waals surface area (Å²) in [5.41, 5.74) is 7.15. The smallest absolute Gasteiger partial charge is 0.0153 e. The van der Waals surface area contributed by atoms with Crippen molar-refractivity contribution in [2.45, 2.75) is 60.3 Å². The second-order valence-electron chi connectivity index (χ2n) is 5.64. The van der Waals surface area contributed by atoms with Gasteiger partial charge in [-0.25, -0.2) is 0 Å². The Morgan fingerprint density at radius 3 is 2.42 bits per heavy atom. The SMILES string of the molecule is C/C=C(C)\C=C(/CC)C[C@H](C)c1ccc(C)c(C)c1. The number of aryl methyl sites for hydroxylation is 2. The van der Waals surface area contributed by atoms with Crippen molar-refractivity contribution in [1.82, 2.24) is 0 Å². The molecule has 0 N–H and O–H groups in total. The summed E-state index contributed by atoms with van der Waals surface area (Å²) in [7, 11) is 0. The lowest BCUT2D eigenvalue weighted by atomic mass is 9.90. The molecule has 0 unspecified atom stereocenters. The lowest BCUT2D eigenvalue weighted by molar-refractivity contribution is 0.729. The third-order valence-corrected chi connectivity index (χ3v) is 4.01. The van der Waals surface area contributed by atoms with Crippen molar-refractivity contribution in [1.29, 1.82) is 0 Å². The van der Waals surface area contributed by atoms with E-state index in [1.807, 2.05) is 0 Å². The molecular weight excluding hydrogens is 228 g/mol. The molecule has 1 aromatic carbocycles. The van der Waals surface area contributed by atoms with Gasteiger partial charge in [-0.1, -0.05) is 55.3 Å². The highest BCUT2D eigenvalue weighted by molar-refractivity contribution is 5.33. The molecule has 1 atom stereocenters. The van der Waals surface area contributed by atoms with Gasteiger partial charge in [-0.2, -0.15) is 0 Å². The molecule has 0 amide bonds. The molecule has 0 saturated heterocycles. The number of hydrogen-bond donors (Lipinski definition) is 0. The summed E-state index contributed by atoms with van der Waals surface area (Å²) >= 11 is 0. The van der Waals surface area contributed by atoms with Crippen LogP contribution in [0.4, 0.5) is 0 Å². The first-order valence-electron chi connectivity index (χ1n) is 7.37. The Morgan fingerprint density at radius 2 is 1.89 bits per heavy atom. The minimum absolute atomic E-state index is 0.593. The third kappa shape index (κ3) is 4.70. The number of rotatable bonds is 5. The Hall–Kier alpha value is -1.30. The van der Waals surface area contributed by atoms with Crippen LogP contribution in [0.25, 0.3) is 0 Å². The largest absolute Gasteiger partial charge is 0.0847 e. The summed E-state index contributed by atoms with van der Waals surface area (Å²) in [6, 6.07) is 6.87. The van der Waals surface area contributed by atoms with Crippen molar-refractivity contribution in [2.24, 2.45) is 0 Å². The molecule has 0 heterocycles. The molecule has 19 heavy (non-hydrogen) atoms. The van der Waals surface area contributed by atoms with Gasteiger partial charge in [-0.15, -0.1) is 0 Å². The average Bonchev–Trinajstić information content (AvgIpc) is 2.40. The van der Waals surface area contributed by atoms with Crippen LogP contribution in [0.1, 0.15) is 63.1 Å². The molecule has 0 saturated carbocycles. The lowest BCUT2D eigenvalue weighted by Crippen LogP contribution is -1.97. The highest BCUT2D eigenvalue weighted by Gasteiger charge is 2.08. The first kappa shape index (κ1) is 15.8. The van der Waals surface area contributed by atoms with E-state index in [-0.39, 0.29) is 0 Å². The third-order valence-electron chi connectivity index (χ3n) is 4.01.